The van der Waals surface area contributed by atoms with E-state index >= 15 is 0 Å². The van der Waals surface area contributed by atoms with Gasteiger partial charge >= 0.3 is 0 Å². The fourth-order valence-electron chi connectivity index (χ4n) is 2.85. The third-order valence-corrected chi connectivity index (χ3v) is 4.27. The second kappa shape index (κ2) is 7.32. The van der Waals surface area contributed by atoms with Crippen molar-refractivity contribution in [3.05, 3.63) is 89.2 Å². The lowest BCUT2D eigenvalue weighted by Gasteiger charge is -2.29. The van der Waals surface area contributed by atoms with Crippen molar-refractivity contribution >= 4 is 5.91 Å². The van der Waals surface area contributed by atoms with E-state index in [1.807, 2.05) is 60.7 Å². The van der Waals surface area contributed by atoms with Crippen LogP contribution in [0.3, 0.4) is 0 Å². The van der Waals surface area contributed by atoms with E-state index < -0.39 is 5.60 Å². The van der Waals surface area contributed by atoms with Crippen LogP contribution in [0.4, 0.5) is 0 Å². The van der Waals surface area contributed by atoms with Crippen molar-refractivity contribution in [3.8, 4) is 0 Å². The summed E-state index contributed by atoms with van der Waals surface area (Å²) in [5.41, 5.74) is 1.75. The molecule has 1 atom stereocenters. The van der Waals surface area contributed by atoms with Crippen molar-refractivity contribution in [1.82, 2.24) is 15.5 Å². The van der Waals surface area contributed by atoms with Gasteiger partial charge in [-0.15, -0.1) is 0 Å². The Labute approximate surface area is 146 Å². The van der Waals surface area contributed by atoms with Gasteiger partial charge in [0.15, 0.2) is 0 Å². The summed E-state index contributed by atoms with van der Waals surface area (Å²) in [6.07, 6.45) is 1.89. The Morgan fingerprint density at radius 2 is 1.76 bits per heavy atom. The van der Waals surface area contributed by atoms with Gasteiger partial charge in [-0.2, -0.15) is 5.10 Å². The third kappa shape index (κ3) is 3.95. The average molecular weight is 335 g/mol. The van der Waals surface area contributed by atoms with Gasteiger partial charge in [0.25, 0.3) is 5.91 Å². The van der Waals surface area contributed by atoms with Crippen molar-refractivity contribution in [3.63, 3.8) is 0 Å². The highest BCUT2D eigenvalue weighted by atomic mass is 16.3. The molecule has 0 spiro atoms. The lowest BCUT2D eigenvalue weighted by atomic mass is 9.87. The Morgan fingerprint density at radius 1 is 1.12 bits per heavy atom. The van der Waals surface area contributed by atoms with Crippen LogP contribution in [0.1, 0.15) is 27.2 Å². The standard InChI is InChI=1S/C20H21N3O2/c1-15-18(13-22-23-15)19(24)21-14-20(25,17-10-6-3-7-11-17)12-16-8-4-2-5-9-16/h2-11,13,25H,12,14H2,1H3,(H,21,24)(H,22,23)/t20-/m1/s1. The summed E-state index contributed by atoms with van der Waals surface area (Å²) >= 11 is 0. The second-order valence-electron chi connectivity index (χ2n) is 6.15. The van der Waals surface area contributed by atoms with Crippen LogP contribution in [0.15, 0.2) is 66.9 Å². The summed E-state index contributed by atoms with van der Waals surface area (Å²) in [6.45, 7) is 1.89. The van der Waals surface area contributed by atoms with Gasteiger partial charge < -0.3 is 10.4 Å². The highest BCUT2D eigenvalue weighted by Gasteiger charge is 2.30. The van der Waals surface area contributed by atoms with Crippen LogP contribution in [-0.2, 0) is 12.0 Å². The SMILES string of the molecule is Cc1[nH]ncc1C(=O)NC[C@](O)(Cc1ccccc1)c1ccccc1. The number of benzene rings is 2. The molecule has 0 aliphatic rings. The zero-order valence-electron chi connectivity index (χ0n) is 14.1. The first kappa shape index (κ1) is 16.9. The number of aliphatic hydroxyl groups is 1. The lowest BCUT2D eigenvalue weighted by Crippen LogP contribution is -2.42. The third-order valence-electron chi connectivity index (χ3n) is 4.27. The molecule has 0 bridgehead atoms. The molecular weight excluding hydrogens is 314 g/mol. The first-order valence-corrected chi connectivity index (χ1v) is 8.18. The summed E-state index contributed by atoms with van der Waals surface area (Å²) in [7, 11) is 0. The Kier molecular flexibility index (Phi) is 4.95. The van der Waals surface area contributed by atoms with E-state index in [0.717, 1.165) is 11.1 Å². The van der Waals surface area contributed by atoms with Crippen LogP contribution >= 0.6 is 0 Å². The van der Waals surface area contributed by atoms with Gasteiger partial charge in [-0.05, 0) is 18.1 Å². The summed E-state index contributed by atoms with van der Waals surface area (Å²) in [5, 5.41) is 20.8. The lowest BCUT2D eigenvalue weighted by molar-refractivity contribution is 0.0353. The number of aromatic amines is 1. The molecule has 2 aromatic carbocycles. The molecule has 0 aliphatic carbocycles. The van der Waals surface area contributed by atoms with Crippen LogP contribution < -0.4 is 5.32 Å². The molecule has 0 radical (unpaired) electrons. The Balaban J connectivity index is 1.82. The van der Waals surface area contributed by atoms with Crippen molar-refractivity contribution in [2.24, 2.45) is 0 Å². The van der Waals surface area contributed by atoms with Crippen LogP contribution in [0, 0.1) is 6.92 Å². The van der Waals surface area contributed by atoms with Gasteiger partial charge in [0.05, 0.1) is 18.3 Å². The number of nitrogens with zero attached hydrogens (tertiary/aromatic N) is 1. The van der Waals surface area contributed by atoms with E-state index in [4.69, 9.17) is 0 Å². The summed E-state index contributed by atoms with van der Waals surface area (Å²) in [4.78, 5) is 12.4. The number of aromatic nitrogens is 2. The molecule has 0 unspecified atom stereocenters. The number of carbonyl (C=O) groups is 1. The van der Waals surface area contributed by atoms with Crippen LogP contribution in [-0.4, -0.2) is 27.8 Å². The molecule has 0 saturated heterocycles. The van der Waals surface area contributed by atoms with E-state index in [0.29, 0.717) is 17.7 Å². The van der Waals surface area contributed by atoms with E-state index in [-0.39, 0.29) is 12.5 Å². The molecule has 0 fully saturated rings. The van der Waals surface area contributed by atoms with Crippen LogP contribution in [0.25, 0.3) is 0 Å². The first-order chi connectivity index (χ1) is 12.1. The smallest absolute Gasteiger partial charge is 0.254 e. The Morgan fingerprint density at radius 3 is 2.36 bits per heavy atom. The van der Waals surface area contributed by atoms with Gasteiger partial charge in [0.1, 0.15) is 5.60 Å². The van der Waals surface area contributed by atoms with Crippen LogP contribution in [0.2, 0.25) is 0 Å². The molecular formula is C20H21N3O2. The Bertz CT molecular complexity index is 830. The quantitative estimate of drug-likeness (QED) is 0.648. The molecule has 5 nitrogen and oxygen atoms in total. The van der Waals surface area contributed by atoms with E-state index in [1.54, 1.807) is 6.92 Å². The summed E-state index contributed by atoms with van der Waals surface area (Å²) in [6, 6.07) is 19.2. The number of hydrogen-bond acceptors (Lipinski definition) is 3. The second-order valence-corrected chi connectivity index (χ2v) is 6.15. The number of amides is 1. The fourth-order valence-corrected chi connectivity index (χ4v) is 2.85. The molecule has 1 heterocycles. The van der Waals surface area contributed by atoms with E-state index in [2.05, 4.69) is 15.5 Å². The fraction of sp³-hybridized carbons (Fsp3) is 0.200. The predicted octanol–water partition coefficient (Wildman–Crippen LogP) is 2.58. The minimum atomic E-state index is -1.20. The molecule has 1 amide bonds. The average Bonchev–Trinajstić information content (AvgIpc) is 3.07. The van der Waals surface area contributed by atoms with Gasteiger partial charge in [0.2, 0.25) is 0 Å². The molecule has 0 aliphatic heterocycles. The predicted molar refractivity (Wildman–Crippen MR) is 96.1 cm³/mol. The molecule has 128 valence electrons. The summed E-state index contributed by atoms with van der Waals surface area (Å²) < 4.78 is 0. The van der Waals surface area contributed by atoms with Crippen LogP contribution in [0.5, 0.6) is 0 Å². The maximum absolute atomic E-state index is 12.4. The molecule has 0 saturated carbocycles. The number of rotatable bonds is 6. The van der Waals surface area contributed by atoms with E-state index in [9.17, 15) is 9.90 Å². The van der Waals surface area contributed by atoms with Gasteiger partial charge in [-0.25, -0.2) is 0 Å². The molecule has 25 heavy (non-hydrogen) atoms. The zero-order chi connectivity index (χ0) is 17.7. The molecule has 3 N–H and O–H groups in total. The highest BCUT2D eigenvalue weighted by Crippen LogP contribution is 2.25. The summed E-state index contributed by atoms with van der Waals surface area (Å²) in [5.74, 6) is -0.256. The molecule has 3 aromatic rings. The minimum Gasteiger partial charge on any atom is -0.383 e. The number of H-pyrrole nitrogens is 1. The van der Waals surface area contributed by atoms with Crippen molar-refractivity contribution in [2.75, 3.05) is 6.54 Å². The monoisotopic (exact) mass is 335 g/mol. The van der Waals surface area contributed by atoms with Crippen molar-refractivity contribution < 1.29 is 9.90 Å². The largest absolute Gasteiger partial charge is 0.383 e. The van der Waals surface area contributed by atoms with Gasteiger partial charge in [-0.3, -0.25) is 9.89 Å². The first-order valence-electron chi connectivity index (χ1n) is 8.18. The Hall–Kier alpha value is -2.92. The minimum absolute atomic E-state index is 0.107. The van der Waals surface area contributed by atoms with Crippen molar-refractivity contribution in [1.29, 1.82) is 0 Å². The molecule has 1 aromatic heterocycles. The van der Waals surface area contributed by atoms with E-state index in [1.165, 1.54) is 6.20 Å². The zero-order valence-corrected chi connectivity index (χ0v) is 14.1. The number of hydrogen-bond donors (Lipinski definition) is 3. The van der Waals surface area contributed by atoms with Gasteiger partial charge in [-0.1, -0.05) is 60.7 Å². The molecule has 5 heteroatoms. The number of carbonyl (C=O) groups excluding carboxylic acids is 1. The molecule has 3 rings (SSSR count). The van der Waals surface area contributed by atoms with Gasteiger partial charge in [0, 0.05) is 12.1 Å². The highest BCUT2D eigenvalue weighted by molar-refractivity contribution is 5.95. The number of aryl methyl sites for hydroxylation is 1. The van der Waals surface area contributed by atoms with Crippen molar-refractivity contribution in [2.45, 2.75) is 18.9 Å². The topological polar surface area (TPSA) is 78.0 Å². The maximum Gasteiger partial charge on any atom is 0.254 e. The normalized spacial score (nSPS) is 13.2. The number of nitrogens with one attached hydrogen (secondary N) is 2. The maximum atomic E-state index is 12.4.